The van der Waals surface area contributed by atoms with Crippen molar-refractivity contribution in [2.24, 2.45) is 0 Å². The number of fused-ring (bicyclic) bond motifs is 1. The molecule has 0 aliphatic carbocycles. The van der Waals surface area contributed by atoms with Gasteiger partial charge in [0.1, 0.15) is 11.6 Å². The number of nitrogens with zero attached hydrogens (tertiary/aromatic N) is 4. The SMILES string of the molecule is COCC(C)n1c(C)cc(/C=C(/C#N)C(=O)Nc2ccc3c(ccn3CCN(C)C)c2)c1C. The summed E-state index contributed by atoms with van der Waals surface area (Å²) < 4.78 is 9.64. The zero-order chi connectivity index (χ0) is 24.1. The Labute approximate surface area is 195 Å². The van der Waals surface area contributed by atoms with Crippen LogP contribution in [0.5, 0.6) is 0 Å². The molecule has 0 saturated carbocycles. The van der Waals surface area contributed by atoms with E-state index in [9.17, 15) is 10.1 Å². The minimum atomic E-state index is -0.418. The number of carbonyl (C=O) groups is 1. The fraction of sp³-hybridized carbons (Fsp3) is 0.385. The molecule has 3 aromatic rings. The van der Waals surface area contributed by atoms with Crippen molar-refractivity contribution < 1.29 is 9.53 Å². The number of hydrogen-bond acceptors (Lipinski definition) is 4. The molecule has 7 heteroatoms. The van der Waals surface area contributed by atoms with Gasteiger partial charge in [-0.2, -0.15) is 5.26 Å². The second kappa shape index (κ2) is 10.5. The van der Waals surface area contributed by atoms with Crippen LogP contribution in [0.3, 0.4) is 0 Å². The van der Waals surface area contributed by atoms with Gasteiger partial charge in [0.25, 0.3) is 5.91 Å². The molecule has 2 heterocycles. The molecule has 0 saturated heterocycles. The number of hydrogen-bond donors (Lipinski definition) is 1. The molecular formula is C26H33N5O2. The summed E-state index contributed by atoms with van der Waals surface area (Å²) in [5.74, 6) is -0.418. The molecule has 1 amide bonds. The molecule has 0 fully saturated rings. The number of nitrogens with one attached hydrogen (secondary N) is 1. The van der Waals surface area contributed by atoms with E-state index in [1.54, 1.807) is 13.2 Å². The molecule has 33 heavy (non-hydrogen) atoms. The number of aryl methyl sites for hydroxylation is 1. The maximum absolute atomic E-state index is 12.9. The monoisotopic (exact) mass is 447 g/mol. The number of ether oxygens (including phenoxy) is 1. The first-order valence-corrected chi connectivity index (χ1v) is 11.1. The standard InChI is InChI=1S/C26H33N5O2/c1-18-13-22(20(3)31(18)19(2)17-33-6)14-23(16-27)26(32)28-24-7-8-25-21(15-24)9-10-30(25)12-11-29(4)5/h7-10,13-15,19H,11-12,17H2,1-6H3,(H,28,32)/b23-14-. The van der Waals surface area contributed by atoms with Gasteiger partial charge in [0, 0.05) is 54.4 Å². The number of nitriles is 1. The van der Waals surface area contributed by atoms with E-state index in [0.29, 0.717) is 12.3 Å². The molecule has 1 unspecified atom stereocenters. The van der Waals surface area contributed by atoms with E-state index in [-0.39, 0.29) is 11.6 Å². The molecule has 0 spiro atoms. The van der Waals surface area contributed by atoms with Crippen LogP contribution < -0.4 is 5.32 Å². The number of amides is 1. The Hall–Kier alpha value is -3.34. The predicted molar refractivity (Wildman–Crippen MR) is 133 cm³/mol. The van der Waals surface area contributed by atoms with Crippen molar-refractivity contribution >= 4 is 28.6 Å². The lowest BCUT2D eigenvalue weighted by Gasteiger charge is -2.17. The number of benzene rings is 1. The van der Waals surface area contributed by atoms with Crippen molar-refractivity contribution in [3.63, 3.8) is 0 Å². The van der Waals surface area contributed by atoms with Gasteiger partial charge in [0.05, 0.1) is 12.6 Å². The van der Waals surface area contributed by atoms with Crippen LogP contribution in [0.1, 0.15) is 29.9 Å². The van der Waals surface area contributed by atoms with E-state index in [4.69, 9.17) is 4.74 Å². The number of aromatic nitrogens is 2. The van der Waals surface area contributed by atoms with Gasteiger partial charge >= 0.3 is 0 Å². The number of carbonyl (C=O) groups excluding carboxylic acids is 1. The molecule has 0 bridgehead atoms. The molecular weight excluding hydrogens is 414 g/mol. The van der Waals surface area contributed by atoms with Gasteiger partial charge in [-0.05, 0) is 76.8 Å². The van der Waals surface area contributed by atoms with Crippen molar-refractivity contribution in [1.29, 1.82) is 5.26 Å². The third-order valence-corrected chi connectivity index (χ3v) is 5.85. The lowest BCUT2D eigenvalue weighted by Crippen LogP contribution is -2.17. The van der Waals surface area contributed by atoms with Crippen molar-refractivity contribution in [2.45, 2.75) is 33.4 Å². The zero-order valence-electron chi connectivity index (χ0n) is 20.3. The van der Waals surface area contributed by atoms with Gasteiger partial charge in [-0.25, -0.2) is 0 Å². The Kier molecular flexibility index (Phi) is 7.75. The molecule has 1 aromatic carbocycles. The third-order valence-electron chi connectivity index (χ3n) is 5.85. The smallest absolute Gasteiger partial charge is 0.266 e. The molecule has 1 N–H and O–H groups in total. The first-order valence-electron chi connectivity index (χ1n) is 11.1. The lowest BCUT2D eigenvalue weighted by molar-refractivity contribution is -0.112. The summed E-state index contributed by atoms with van der Waals surface area (Å²) in [6.45, 7) is 8.52. The minimum Gasteiger partial charge on any atom is -0.383 e. The normalized spacial score (nSPS) is 12.8. The topological polar surface area (TPSA) is 75.2 Å². The minimum absolute atomic E-state index is 0.0679. The molecule has 1 atom stereocenters. The number of rotatable bonds is 9. The maximum Gasteiger partial charge on any atom is 0.266 e. The van der Waals surface area contributed by atoms with E-state index >= 15 is 0 Å². The first kappa shape index (κ1) is 24.3. The van der Waals surface area contributed by atoms with Crippen LogP contribution in [0, 0.1) is 25.2 Å². The van der Waals surface area contributed by atoms with Crippen LogP contribution in [0.4, 0.5) is 5.69 Å². The fourth-order valence-electron chi connectivity index (χ4n) is 4.23. The predicted octanol–water partition coefficient (Wildman–Crippen LogP) is 4.37. The molecule has 7 nitrogen and oxygen atoms in total. The van der Waals surface area contributed by atoms with E-state index in [1.807, 2.05) is 44.2 Å². The van der Waals surface area contributed by atoms with E-state index < -0.39 is 5.91 Å². The fourth-order valence-corrected chi connectivity index (χ4v) is 4.23. The van der Waals surface area contributed by atoms with E-state index in [2.05, 4.69) is 52.6 Å². The summed E-state index contributed by atoms with van der Waals surface area (Å²) in [7, 11) is 5.79. The van der Waals surface area contributed by atoms with Crippen LogP contribution in [-0.4, -0.2) is 54.3 Å². The number of methoxy groups -OCH3 is 1. The Bertz CT molecular complexity index is 1210. The first-order chi connectivity index (χ1) is 15.7. The van der Waals surface area contributed by atoms with Gasteiger partial charge in [-0.1, -0.05) is 0 Å². The van der Waals surface area contributed by atoms with Crippen LogP contribution in [-0.2, 0) is 16.1 Å². The van der Waals surface area contributed by atoms with Gasteiger partial charge in [-0.3, -0.25) is 4.79 Å². The van der Waals surface area contributed by atoms with Crippen molar-refractivity contribution in [3.8, 4) is 6.07 Å². The molecule has 0 aliphatic rings. The largest absolute Gasteiger partial charge is 0.383 e. The number of anilines is 1. The van der Waals surface area contributed by atoms with Gasteiger partial charge in [0.15, 0.2) is 0 Å². The second-order valence-electron chi connectivity index (χ2n) is 8.71. The average Bonchev–Trinajstić information content (AvgIpc) is 3.29. The Morgan fingerprint density at radius 2 is 2.03 bits per heavy atom. The van der Waals surface area contributed by atoms with Gasteiger partial charge in [0.2, 0.25) is 0 Å². The summed E-state index contributed by atoms with van der Waals surface area (Å²) >= 11 is 0. The quantitative estimate of drug-likeness (QED) is 0.390. The highest BCUT2D eigenvalue weighted by Crippen LogP contribution is 2.24. The van der Waals surface area contributed by atoms with Crippen molar-refractivity contribution in [2.75, 3.05) is 39.7 Å². The third kappa shape index (κ3) is 5.54. The van der Waals surface area contributed by atoms with Gasteiger partial charge < -0.3 is 24.1 Å². The van der Waals surface area contributed by atoms with Crippen LogP contribution in [0.2, 0.25) is 0 Å². The van der Waals surface area contributed by atoms with Crippen LogP contribution in [0.25, 0.3) is 17.0 Å². The molecule has 174 valence electrons. The number of likely N-dealkylation sites (N-methyl/N-ethyl adjacent to an activating group) is 1. The molecule has 2 aromatic heterocycles. The van der Waals surface area contributed by atoms with E-state index in [1.165, 1.54) is 0 Å². The zero-order valence-corrected chi connectivity index (χ0v) is 20.3. The highest BCUT2D eigenvalue weighted by molar-refractivity contribution is 6.10. The summed E-state index contributed by atoms with van der Waals surface area (Å²) in [4.78, 5) is 15.0. The Balaban J connectivity index is 1.80. The summed E-state index contributed by atoms with van der Waals surface area (Å²) in [6.07, 6.45) is 3.71. The molecule has 3 rings (SSSR count). The van der Waals surface area contributed by atoms with E-state index in [0.717, 1.165) is 40.9 Å². The Morgan fingerprint density at radius 3 is 2.70 bits per heavy atom. The summed E-state index contributed by atoms with van der Waals surface area (Å²) in [6, 6.07) is 12.1. The lowest BCUT2D eigenvalue weighted by atomic mass is 10.1. The summed E-state index contributed by atoms with van der Waals surface area (Å²) in [5.41, 5.74) is 4.76. The molecule has 0 radical (unpaired) electrons. The summed E-state index contributed by atoms with van der Waals surface area (Å²) in [5, 5.41) is 13.6. The van der Waals surface area contributed by atoms with Gasteiger partial charge in [-0.15, -0.1) is 0 Å². The highest BCUT2D eigenvalue weighted by Gasteiger charge is 2.16. The molecule has 0 aliphatic heterocycles. The maximum atomic E-state index is 12.9. The average molecular weight is 448 g/mol. The highest BCUT2D eigenvalue weighted by atomic mass is 16.5. The van der Waals surface area contributed by atoms with Crippen molar-refractivity contribution in [3.05, 3.63) is 59.1 Å². The van der Waals surface area contributed by atoms with Crippen LogP contribution >= 0.6 is 0 Å². The Morgan fingerprint density at radius 1 is 1.27 bits per heavy atom. The van der Waals surface area contributed by atoms with Crippen LogP contribution in [0.15, 0.2) is 42.1 Å². The second-order valence-corrected chi connectivity index (χ2v) is 8.71. The van der Waals surface area contributed by atoms with Crippen molar-refractivity contribution in [1.82, 2.24) is 14.0 Å².